The van der Waals surface area contributed by atoms with Gasteiger partial charge in [-0.2, -0.15) is 0 Å². The highest BCUT2D eigenvalue weighted by Crippen LogP contribution is 2.26. The Balaban J connectivity index is 3.07. The van der Waals surface area contributed by atoms with Gasteiger partial charge < -0.3 is 5.11 Å². The van der Waals surface area contributed by atoms with Gasteiger partial charge in [0.2, 0.25) is 0 Å². The normalized spacial score (nSPS) is 33.9. The van der Waals surface area contributed by atoms with Crippen molar-refractivity contribution in [3.05, 3.63) is 35.5 Å². The first kappa shape index (κ1) is 13.9. The van der Waals surface area contributed by atoms with Crippen LogP contribution in [0.4, 0.5) is 0 Å². The van der Waals surface area contributed by atoms with Crippen molar-refractivity contribution in [3.63, 3.8) is 0 Å². The Morgan fingerprint density at radius 1 is 1.35 bits per heavy atom. The third-order valence-electron chi connectivity index (χ3n) is 3.25. The molecule has 2 heteroatoms. The van der Waals surface area contributed by atoms with Gasteiger partial charge in [0.05, 0.1) is 6.10 Å². The van der Waals surface area contributed by atoms with Crippen molar-refractivity contribution in [2.75, 3.05) is 0 Å². The lowest BCUT2D eigenvalue weighted by Gasteiger charge is -2.25. The van der Waals surface area contributed by atoms with E-state index < -0.39 is 11.5 Å². The molecule has 2 nitrogen and oxygen atoms in total. The lowest BCUT2D eigenvalue weighted by Crippen LogP contribution is -2.25. The molecule has 0 fully saturated rings. The molecule has 1 aliphatic carbocycles. The van der Waals surface area contributed by atoms with E-state index in [-0.39, 0.29) is 5.78 Å². The molecule has 0 radical (unpaired) electrons. The van der Waals surface area contributed by atoms with Gasteiger partial charge in [0.15, 0.2) is 5.78 Å². The summed E-state index contributed by atoms with van der Waals surface area (Å²) in [6.45, 7) is 7.73. The van der Waals surface area contributed by atoms with Crippen LogP contribution >= 0.6 is 0 Å². The number of hydrogen-bond acceptors (Lipinski definition) is 2. The van der Waals surface area contributed by atoms with E-state index in [1.807, 2.05) is 39.8 Å². The second kappa shape index (κ2) is 5.46. The van der Waals surface area contributed by atoms with Crippen LogP contribution in [0.1, 0.15) is 40.5 Å². The summed E-state index contributed by atoms with van der Waals surface area (Å²) < 4.78 is 0. The molecular formula is C15H22O2. The molecule has 1 N–H and O–H groups in total. The van der Waals surface area contributed by atoms with Gasteiger partial charge >= 0.3 is 0 Å². The molecule has 0 aromatic rings. The maximum absolute atomic E-state index is 11.8. The van der Waals surface area contributed by atoms with Crippen LogP contribution in [0, 0.1) is 5.41 Å². The van der Waals surface area contributed by atoms with E-state index in [1.54, 1.807) is 12.2 Å². The average molecular weight is 234 g/mol. The van der Waals surface area contributed by atoms with Gasteiger partial charge in [-0.1, -0.05) is 37.6 Å². The van der Waals surface area contributed by atoms with Crippen LogP contribution in [0.2, 0.25) is 0 Å². The van der Waals surface area contributed by atoms with E-state index in [9.17, 15) is 9.90 Å². The molecule has 0 spiro atoms. The first-order chi connectivity index (χ1) is 7.83. The Morgan fingerprint density at radius 2 is 2.00 bits per heavy atom. The van der Waals surface area contributed by atoms with Crippen molar-refractivity contribution in [1.29, 1.82) is 0 Å². The third kappa shape index (κ3) is 3.97. The van der Waals surface area contributed by atoms with Crippen LogP contribution in [0.5, 0.6) is 0 Å². The van der Waals surface area contributed by atoms with Gasteiger partial charge in [0.1, 0.15) is 0 Å². The molecule has 1 atom stereocenters. The quantitative estimate of drug-likeness (QED) is 0.654. The average Bonchev–Trinajstić information content (AvgIpc) is 2.25. The van der Waals surface area contributed by atoms with Crippen molar-refractivity contribution in [2.45, 2.75) is 46.6 Å². The Hall–Kier alpha value is -1.15. The smallest absolute Gasteiger partial charge is 0.180 e. The predicted molar refractivity (Wildman–Crippen MR) is 70.7 cm³/mol. The fraction of sp³-hybridized carbons (Fsp3) is 0.533. The van der Waals surface area contributed by atoms with E-state index in [4.69, 9.17) is 0 Å². The van der Waals surface area contributed by atoms with Crippen LogP contribution in [0.3, 0.4) is 0 Å². The number of hydrogen-bond donors (Lipinski definition) is 1. The van der Waals surface area contributed by atoms with E-state index in [1.165, 1.54) is 0 Å². The number of ketones is 1. The Bertz CT molecular complexity index is 384. The summed E-state index contributed by atoms with van der Waals surface area (Å²) in [5.74, 6) is 0.0322. The van der Waals surface area contributed by atoms with Crippen LogP contribution in [0.25, 0.3) is 0 Å². The number of carbonyl (C=O) groups is 1. The largest absolute Gasteiger partial charge is 0.388 e. The highest BCUT2D eigenvalue weighted by atomic mass is 16.3. The summed E-state index contributed by atoms with van der Waals surface area (Å²) in [5.41, 5.74) is 1.53. The zero-order chi connectivity index (χ0) is 13.1. The second-order valence-electron chi connectivity index (χ2n) is 5.40. The summed E-state index contributed by atoms with van der Waals surface area (Å²) in [4.78, 5) is 11.8. The lowest BCUT2D eigenvalue weighted by molar-refractivity contribution is -0.111. The zero-order valence-electron chi connectivity index (χ0n) is 11.2. The Labute approximate surface area is 104 Å². The first-order valence-electron chi connectivity index (χ1n) is 6.08. The number of carbonyl (C=O) groups excluding carboxylic acids is 1. The van der Waals surface area contributed by atoms with Crippen LogP contribution < -0.4 is 0 Å². The van der Waals surface area contributed by atoms with Crippen molar-refractivity contribution in [2.24, 2.45) is 5.41 Å². The summed E-state index contributed by atoms with van der Waals surface area (Å²) in [6, 6.07) is 0. The number of aliphatic hydroxyl groups excluding tert-OH is 1. The molecule has 1 rings (SSSR count). The summed E-state index contributed by atoms with van der Waals surface area (Å²) in [6.07, 6.45) is 8.41. The summed E-state index contributed by atoms with van der Waals surface area (Å²) in [5, 5.41) is 10.1. The molecule has 0 aromatic carbocycles. The molecular weight excluding hydrogens is 212 g/mol. The van der Waals surface area contributed by atoms with Crippen molar-refractivity contribution < 1.29 is 9.90 Å². The SMILES string of the molecule is C/C1=C/CC/C(C)=C/[C@@H](O)C(C)(C)/C=C\C1=O. The molecule has 94 valence electrons. The fourth-order valence-electron chi connectivity index (χ4n) is 1.71. The van der Waals surface area contributed by atoms with E-state index in [2.05, 4.69) is 0 Å². The highest BCUT2D eigenvalue weighted by Gasteiger charge is 2.23. The highest BCUT2D eigenvalue weighted by molar-refractivity contribution is 6.03. The van der Waals surface area contributed by atoms with Crippen LogP contribution in [0.15, 0.2) is 35.5 Å². The van der Waals surface area contributed by atoms with Gasteiger partial charge in [-0.25, -0.2) is 0 Å². The molecule has 0 heterocycles. The monoisotopic (exact) mass is 234 g/mol. The molecule has 1 aliphatic rings. The predicted octanol–water partition coefficient (Wildman–Crippen LogP) is 3.19. The lowest BCUT2D eigenvalue weighted by atomic mass is 9.84. The van der Waals surface area contributed by atoms with E-state index >= 15 is 0 Å². The number of aliphatic hydroxyl groups is 1. The fourth-order valence-corrected chi connectivity index (χ4v) is 1.71. The van der Waals surface area contributed by atoms with Crippen molar-refractivity contribution >= 4 is 5.78 Å². The summed E-state index contributed by atoms with van der Waals surface area (Å²) >= 11 is 0. The molecule has 0 amide bonds. The number of rotatable bonds is 0. The van der Waals surface area contributed by atoms with Crippen molar-refractivity contribution in [1.82, 2.24) is 0 Å². The maximum Gasteiger partial charge on any atom is 0.180 e. The standard InChI is InChI=1S/C15H22O2/c1-11-6-5-7-12(2)13(16)8-9-15(3,4)14(17)10-11/h7-10,14,17H,5-6H2,1-4H3/b9-8-,11-10+,12-7-/t14-/m1/s1. The first-order valence-corrected chi connectivity index (χ1v) is 6.08. The van der Waals surface area contributed by atoms with E-state index in [0.29, 0.717) is 0 Å². The minimum atomic E-state index is -0.551. The molecule has 0 saturated heterocycles. The molecule has 0 unspecified atom stereocenters. The maximum atomic E-state index is 11.8. The molecule has 0 saturated carbocycles. The molecule has 0 bridgehead atoms. The van der Waals surface area contributed by atoms with Gasteiger partial charge in [-0.3, -0.25) is 4.79 Å². The zero-order valence-corrected chi connectivity index (χ0v) is 11.2. The molecule has 17 heavy (non-hydrogen) atoms. The number of allylic oxidation sites excluding steroid dienone is 4. The minimum absolute atomic E-state index is 0.0322. The van der Waals surface area contributed by atoms with E-state index in [0.717, 1.165) is 24.0 Å². The van der Waals surface area contributed by atoms with Crippen LogP contribution in [-0.2, 0) is 4.79 Å². The minimum Gasteiger partial charge on any atom is -0.388 e. The molecule has 0 aromatic heterocycles. The Morgan fingerprint density at radius 3 is 2.65 bits per heavy atom. The van der Waals surface area contributed by atoms with Gasteiger partial charge in [-0.15, -0.1) is 0 Å². The molecule has 0 aliphatic heterocycles. The second-order valence-corrected chi connectivity index (χ2v) is 5.40. The van der Waals surface area contributed by atoms with Gasteiger partial charge in [0, 0.05) is 5.41 Å². The van der Waals surface area contributed by atoms with Crippen molar-refractivity contribution in [3.8, 4) is 0 Å². The topological polar surface area (TPSA) is 37.3 Å². The van der Waals surface area contributed by atoms with Gasteiger partial charge in [0.25, 0.3) is 0 Å². The van der Waals surface area contributed by atoms with Gasteiger partial charge in [-0.05, 0) is 38.3 Å². The summed E-state index contributed by atoms with van der Waals surface area (Å²) in [7, 11) is 0. The Kier molecular flexibility index (Phi) is 4.47. The van der Waals surface area contributed by atoms with Crippen LogP contribution in [-0.4, -0.2) is 17.0 Å². The third-order valence-corrected chi connectivity index (χ3v) is 3.25.